The highest BCUT2D eigenvalue weighted by Gasteiger charge is 2.10. The van der Waals surface area contributed by atoms with Gasteiger partial charge in [-0.1, -0.05) is 24.3 Å². The second-order valence-electron chi connectivity index (χ2n) is 5.03. The molecule has 0 radical (unpaired) electrons. The predicted octanol–water partition coefficient (Wildman–Crippen LogP) is 2.65. The Morgan fingerprint density at radius 1 is 1.12 bits per heavy atom. The maximum atomic E-state index is 12.1. The summed E-state index contributed by atoms with van der Waals surface area (Å²) in [6.07, 6.45) is 2.98. The van der Waals surface area contributed by atoms with E-state index in [2.05, 4.69) is 10.0 Å². The number of benzene rings is 2. The van der Waals surface area contributed by atoms with Crippen LogP contribution < -0.4 is 14.8 Å². The van der Waals surface area contributed by atoms with Crippen molar-refractivity contribution in [2.45, 2.75) is 11.8 Å². The largest absolute Gasteiger partial charge is 0.492 e. The van der Waals surface area contributed by atoms with Gasteiger partial charge < -0.3 is 10.1 Å². The molecule has 0 saturated carbocycles. The first-order chi connectivity index (χ1) is 12.0. The van der Waals surface area contributed by atoms with Crippen LogP contribution in [0, 0.1) is 0 Å². The number of anilines is 1. The topological polar surface area (TPSA) is 84.5 Å². The van der Waals surface area contributed by atoms with E-state index in [1.165, 1.54) is 25.3 Å². The molecule has 2 aromatic rings. The summed E-state index contributed by atoms with van der Waals surface area (Å²) in [6, 6.07) is 13.4. The van der Waals surface area contributed by atoms with E-state index < -0.39 is 10.0 Å². The van der Waals surface area contributed by atoms with Gasteiger partial charge in [-0.15, -0.1) is 0 Å². The van der Waals surface area contributed by atoms with Crippen molar-refractivity contribution in [2.75, 3.05) is 19.0 Å². The van der Waals surface area contributed by atoms with Gasteiger partial charge in [-0.2, -0.15) is 0 Å². The third-order valence-electron chi connectivity index (χ3n) is 3.33. The van der Waals surface area contributed by atoms with E-state index in [1.807, 2.05) is 19.1 Å². The fourth-order valence-corrected chi connectivity index (χ4v) is 2.80. The first-order valence-corrected chi connectivity index (χ1v) is 9.19. The quantitative estimate of drug-likeness (QED) is 0.744. The Morgan fingerprint density at radius 3 is 2.44 bits per heavy atom. The maximum absolute atomic E-state index is 12.1. The summed E-state index contributed by atoms with van der Waals surface area (Å²) >= 11 is 0. The minimum Gasteiger partial charge on any atom is -0.492 e. The minimum atomic E-state index is -3.46. The molecule has 0 unspecified atom stereocenters. The molecule has 7 heteroatoms. The van der Waals surface area contributed by atoms with Crippen LogP contribution in [0.4, 0.5) is 5.69 Å². The van der Waals surface area contributed by atoms with Crippen LogP contribution in [-0.2, 0) is 14.8 Å². The molecule has 2 N–H and O–H groups in total. The average molecular weight is 360 g/mol. The molecule has 25 heavy (non-hydrogen) atoms. The van der Waals surface area contributed by atoms with Crippen molar-refractivity contribution in [1.29, 1.82) is 0 Å². The van der Waals surface area contributed by atoms with Crippen LogP contribution in [0.3, 0.4) is 0 Å². The van der Waals surface area contributed by atoms with Crippen LogP contribution in [-0.4, -0.2) is 28.0 Å². The van der Waals surface area contributed by atoms with Gasteiger partial charge in [0.15, 0.2) is 0 Å². The van der Waals surface area contributed by atoms with Crippen molar-refractivity contribution in [2.24, 2.45) is 0 Å². The normalized spacial score (nSPS) is 11.4. The summed E-state index contributed by atoms with van der Waals surface area (Å²) in [5.74, 6) is 0.299. The van der Waals surface area contributed by atoms with E-state index in [0.717, 1.165) is 0 Å². The Morgan fingerprint density at radius 2 is 1.80 bits per heavy atom. The lowest BCUT2D eigenvalue weighted by Crippen LogP contribution is -2.18. The molecule has 0 aliphatic carbocycles. The molecule has 6 nitrogen and oxygen atoms in total. The Balaban J connectivity index is 2.06. The highest BCUT2D eigenvalue weighted by molar-refractivity contribution is 7.89. The Kier molecular flexibility index (Phi) is 6.32. The van der Waals surface area contributed by atoms with Crippen LogP contribution in [0.15, 0.2) is 59.5 Å². The van der Waals surface area contributed by atoms with Crippen molar-refractivity contribution in [1.82, 2.24) is 4.72 Å². The third-order valence-corrected chi connectivity index (χ3v) is 4.76. The van der Waals surface area contributed by atoms with Gasteiger partial charge in [-0.3, -0.25) is 4.79 Å². The van der Waals surface area contributed by atoms with E-state index in [-0.39, 0.29) is 10.8 Å². The van der Waals surface area contributed by atoms with Gasteiger partial charge in [-0.05, 0) is 49.9 Å². The van der Waals surface area contributed by atoms with Gasteiger partial charge in [-0.25, -0.2) is 13.1 Å². The van der Waals surface area contributed by atoms with Crippen molar-refractivity contribution in [3.63, 3.8) is 0 Å². The number of hydrogen-bond donors (Lipinski definition) is 2. The summed E-state index contributed by atoms with van der Waals surface area (Å²) in [6.45, 7) is 2.38. The first kappa shape index (κ1) is 18.7. The predicted molar refractivity (Wildman–Crippen MR) is 98.0 cm³/mol. The zero-order valence-corrected chi connectivity index (χ0v) is 14.8. The molecule has 2 aromatic carbocycles. The molecular formula is C18H20N2O4S. The zero-order valence-electron chi connectivity index (χ0n) is 14.0. The molecule has 0 aromatic heterocycles. The highest BCUT2D eigenvalue weighted by atomic mass is 32.2. The molecule has 132 valence electrons. The number of hydrogen-bond acceptors (Lipinski definition) is 4. The molecule has 2 rings (SSSR count). The lowest BCUT2D eigenvalue weighted by molar-refractivity contribution is -0.111. The summed E-state index contributed by atoms with van der Waals surface area (Å²) in [5.41, 5.74) is 1.30. The van der Waals surface area contributed by atoms with E-state index in [9.17, 15) is 13.2 Å². The number of ether oxygens (including phenoxy) is 1. The van der Waals surface area contributed by atoms with E-state index in [4.69, 9.17) is 4.74 Å². The molecule has 0 fully saturated rings. The average Bonchev–Trinajstić information content (AvgIpc) is 2.62. The number of sulfonamides is 1. The molecule has 0 atom stereocenters. The van der Waals surface area contributed by atoms with Gasteiger partial charge in [0.1, 0.15) is 5.75 Å². The van der Waals surface area contributed by atoms with Crippen LogP contribution in [0.25, 0.3) is 6.08 Å². The molecule has 0 aliphatic heterocycles. The third kappa shape index (κ3) is 5.17. The summed E-state index contributed by atoms with van der Waals surface area (Å²) < 4.78 is 31.0. The summed E-state index contributed by atoms with van der Waals surface area (Å²) in [7, 11) is -2.11. The zero-order chi connectivity index (χ0) is 18.3. The molecule has 0 aliphatic rings. The molecule has 0 spiro atoms. The van der Waals surface area contributed by atoms with Gasteiger partial charge in [0.05, 0.1) is 17.2 Å². The maximum Gasteiger partial charge on any atom is 0.248 e. The number of carbonyl (C=O) groups is 1. The van der Waals surface area contributed by atoms with Crippen LogP contribution in [0.1, 0.15) is 12.5 Å². The molecule has 0 bridgehead atoms. The number of nitrogens with one attached hydrogen (secondary N) is 2. The van der Waals surface area contributed by atoms with Crippen molar-refractivity contribution in [3.05, 3.63) is 60.2 Å². The molecule has 1 amide bonds. The van der Waals surface area contributed by atoms with Gasteiger partial charge in [0, 0.05) is 6.08 Å². The Hall–Kier alpha value is -2.64. The highest BCUT2D eigenvalue weighted by Crippen LogP contribution is 2.23. The van der Waals surface area contributed by atoms with Crippen molar-refractivity contribution in [3.8, 4) is 5.75 Å². The van der Waals surface area contributed by atoms with Crippen LogP contribution in [0.2, 0.25) is 0 Å². The van der Waals surface area contributed by atoms with Crippen molar-refractivity contribution < 1.29 is 17.9 Å². The van der Waals surface area contributed by atoms with Crippen LogP contribution >= 0.6 is 0 Å². The monoisotopic (exact) mass is 360 g/mol. The van der Waals surface area contributed by atoms with E-state index in [0.29, 0.717) is 23.6 Å². The van der Waals surface area contributed by atoms with Crippen LogP contribution in [0.5, 0.6) is 5.75 Å². The fourth-order valence-electron chi connectivity index (χ4n) is 2.07. The van der Waals surface area contributed by atoms with Gasteiger partial charge in [0.25, 0.3) is 0 Å². The smallest absolute Gasteiger partial charge is 0.248 e. The fraction of sp³-hybridized carbons (Fsp3) is 0.167. The first-order valence-electron chi connectivity index (χ1n) is 7.71. The Bertz CT molecular complexity index is 859. The number of para-hydroxylation sites is 2. The second-order valence-corrected chi connectivity index (χ2v) is 6.91. The molecule has 0 saturated heterocycles. The summed E-state index contributed by atoms with van der Waals surface area (Å²) in [4.78, 5) is 12.2. The second kappa shape index (κ2) is 8.46. The molecular weight excluding hydrogens is 340 g/mol. The SMILES string of the molecule is CCOc1ccccc1NC(=O)/C=C/c1ccc(S(=O)(=O)NC)cc1. The number of carbonyl (C=O) groups excluding carboxylic acids is 1. The van der Waals surface area contributed by atoms with Gasteiger partial charge in [0.2, 0.25) is 15.9 Å². The standard InChI is InChI=1S/C18H20N2O4S/c1-3-24-17-7-5-4-6-16(17)20-18(21)13-10-14-8-11-15(12-9-14)25(22,23)19-2/h4-13,19H,3H2,1-2H3,(H,20,21)/b13-10+. The summed E-state index contributed by atoms with van der Waals surface area (Å²) in [5, 5.41) is 2.75. The lowest BCUT2D eigenvalue weighted by Gasteiger charge is -2.09. The van der Waals surface area contributed by atoms with E-state index in [1.54, 1.807) is 30.3 Å². The van der Waals surface area contributed by atoms with E-state index >= 15 is 0 Å². The Labute approximate surface area is 147 Å². The number of rotatable bonds is 7. The van der Waals surface area contributed by atoms with Gasteiger partial charge >= 0.3 is 0 Å². The lowest BCUT2D eigenvalue weighted by atomic mass is 10.2. The minimum absolute atomic E-state index is 0.169. The molecule has 0 heterocycles. The number of amides is 1. The van der Waals surface area contributed by atoms with Crippen molar-refractivity contribution >= 4 is 27.7 Å².